The lowest BCUT2D eigenvalue weighted by Crippen LogP contribution is -2.25. The smallest absolute Gasteiger partial charge is 0.313 e. The molecule has 2 nitrogen and oxygen atoms in total. The molecule has 0 radical (unpaired) electrons. The van der Waals surface area contributed by atoms with Crippen LogP contribution in [0.15, 0.2) is 11.6 Å². The van der Waals surface area contributed by atoms with Crippen LogP contribution in [0.1, 0.15) is 26.7 Å². The van der Waals surface area contributed by atoms with Gasteiger partial charge in [-0.1, -0.05) is 11.6 Å². The van der Waals surface area contributed by atoms with Crippen LogP contribution >= 0.6 is 0 Å². The van der Waals surface area contributed by atoms with Crippen LogP contribution in [0.4, 0.5) is 0 Å². The highest BCUT2D eigenvalue weighted by Gasteiger charge is 2.37. The molecule has 0 aromatic heterocycles. The average Bonchev–Trinajstić information content (AvgIpc) is 2.15. The molecule has 0 aliphatic heterocycles. The highest BCUT2D eigenvalue weighted by Crippen LogP contribution is 2.38. The molecule has 1 aliphatic carbocycles. The molecular weight excluding hydrogens is 128 g/mol. The monoisotopic (exact) mass is 140 g/mol. The van der Waals surface area contributed by atoms with Gasteiger partial charge in [0.15, 0.2) is 0 Å². The van der Waals surface area contributed by atoms with Gasteiger partial charge in [0.1, 0.15) is 0 Å². The summed E-state index contributed by atoms with van der Waals surface area (Å²) >= 11 is 0. The Morgan fingerprint density at radius 1 is 1.80 bits per heavy atom. The Bertz CT molecular complexity index is 193. The standard InChI is InChI=1S/C8H12O2/c1-6-4-3-5-8(6,2)7(9)10/h4H,3,5H2,1-2H3,(H,9,10). The van der Waals surface area contributed by atoms with Gasteiger partial charge in [-0.05, 0) is 26.7 Å². The second-order valence-corrected chi connectivity index (χ2v) is 3.06. The third kappa shape index (κ3) is 0.838. The van der Waals surface area contributed by atoms with Gasteiger partial charge in [-0.3, -0.25) is 4.79 Å². The topological polar surface area (TPSA) is 37.3 Å². The normalized spacial score (nSPS) is 32.0. The summed E-state index contributed by atoms with van der Waals surface area (Å²) in [7, 11) is 0. The molecule has 0 amide bonds. The van der Waals surface area contributed by atoms with Gasteiger partial charge in [0, 0.05) is 0 Å². The first-order valence-corrected chi connectivity index (χ1v) is 3.48. The van der Waals surface area contributed by atoms with Crippen LogP contribution in [0, 0.1) is 5.41 Å². The fourth-order valence-corrected chi connectivity index (χ4v) is 1.28. The van der Waals surface area contributed by atoms with E-state index in [1.54, 1.807) is 6.92 Å². The Labute approximate surface area is 60.6 Å². The molecule has 1 atom stereocenters. The predicted octanol–water partition coefficient (Wildman–Crippen LogP) is 1.82. The van der Waals surface area contributed by atoms with Gasteiger partial charge in [-0.15, -0.1) is 0 Å². The number of hydrogen-bond donors (Lipinski definition) is 1. The maximum Gasteiger partial charge on any atom is 0.313 e. The summed E-state index contributed by atoms with van der Waals surface area (Å²) < 4.78 is 0. The van der Waals surface area contributed by atoms with E-state index in [1.807, 2.05) is 13.0 Å². The van der Waals surface area contributed by atoms with E-state index in [9.17, 15) is 4.79 Å². The SMILES string of the molecule is CC1=CCCC1(C)C(=O)O. The summed E-state index contributed by atoms with van der Waals surface area (Å²) in [5, 5.41) is 8.80. The summed E-state index contributed by atoms with van der Waals surface area (Å²) in [6.07, 6.45) is 3.68. The Kier molecular flexibility index (Phi) is 1.55. The van der Waals surface area contributed by atoms with Crippen LogP contribution < -0.4 is 0 Å². The van der Waals surface area contributed by atoms with Gasteiger partial charge < -0.3 is 5.11 Å². The molecule has 1 rings (SSSR count). The first kappa shape index (κ1) is 7.32. The zero-order chi connectivity index (χ0) is 7.78. The maximum absolute atomic E-state index is 10.7. The third-order valence-electron chi connectivity index (χ3n) is 2.44. The molecule has 0 saturated carbocycles. The summed E-state index contributed by atoms with van der Waals surface area (Å²) in [6, 6.07) is 0. The van der Waals surface area contributed by atoms with Crippen molar-refractivity contribution < 1.29 is 9.90 Å². The molecule has 0 fully saturated rings. The molecular formula is C8H12O2. The van der Waals surface area contributed by atoms with Crippen LogP contribution in [-0.2, 0) is 4.79 Å². The molecule has 0 aromatic carbocycles. The Balaban J connectivity index is 2.89. The van der Waals surface area contributed by atoms with Crippen molar-refractivity contribution in [2.75, 3.05) is 0 Å². The fraction of sp³-hybridized carbons (Fsp3) is 0.625. The fourth-order valence-electron chi connectivity index (χ4n) is 1.28. The Morgan fingerprint density at radius 2 is 2.40 bits per heavy atom. The van der Waals surface area contributed by atoms with Gasteiger partial charge in [-0.2, -0.15) is 0 Å². The number of rotatable bonds is 1. The second-order valence-electron chi connectivity index (χ2n) is 3.06. The number of carboxylic acid groups (broad SMARTS) is 1. The van der Waals surface area contributed by atoms with Crippen molar-refractivity contribution in [3.63, 3.8) is 0 Å². The van der Waals surface area contributed by atoms with Gasteiger partial charge in [-0.25, -0.2) is 0 Å². The minimum Gasteiger partial charge on any atom is -0.481 e. The van der Waals surface area contributed by atoms with Crippen molar-refractivity contribution in [2.24, 2.45) is 5.41 Å². The van der Waals surface area contributed by atoms with Crippen molar-refractivity contribution in [3.8, 4) is 0 Å². The summed E-state index contributed by atoms with van der Waals surface area (Å²) in [5.41, 5.74) is 0.431. The molecule has 0 heterocycles. The van der Waals surface area contributed by atoms with Crippen LogP contribution in [0.5, 0.6) is 0 Å². The summed E-state index contributed by atoms with van der Waals surface area (Å²) in [6.45, 7) is 3.68. The van der Waals surface area contributed by atoms with Gasteiger partial charge >= 0.3 is 5.97 Å². The zero-order valence-corrected chi connectivity index (χ0v) is 6.35. The van der Waals surface area contributed by atoms with Crippen molar-refractivity contribution in [1.82, 2.24) is 0 Å². The van der Waals surface area contributed by atoms with Gasteiger partial charge in [0.2, 0.25) is 0 Å². The molecule has 10 heavy (non-hydrogen) atoms. The van der Waals surface area contributed by atoms with Crippen molar-refractivity contribution >= 4 is 5.97 Å². The Hall–Kier alpha value is -0.790. The summed E-state index contributed by atoms with van der Waals surface area (Å²) in [5.74, 6) is -0.696. The minimum atomic E-state index is -0.696. The number of carbonyl (C=O) groups is 1. The van der Waals surface area contributed by atoms with Gasteiger partial charge in [0.25, 0.3) is 0 Å². The van der Waals surface area contributed by atoms with Crippen LogP contribution in [-0.4, -0.2) is 11.1 Å². The van der Waals surface area contributed by atoms with E-state index < -0.39 is 11.4 Å². The average molecular weight is 140 g/mol. The number of carboxylic acids is 1. The molecule has 56 valence electrons. The van der Waals surface area contributed by atoms with Crippen LogP contribution in [0.25, 0.3) is 0 Å². The van der Waals surface area contributed by atoms with E-state index in [1.165, 1.54) is 0 Å². The van der Waals surface area contributed by atoms with Crippen LogP contribution in [0.3, 0.4) is 0 Å². The van der Waals surface area contributed by atoms with E-state index in [4.69, 9.17) is 5.11 Å². The van der Waals surface area contributed by atoms with E-state index in [0.29, 0.717) is 0 Å². The lowest BCUT2D eigenvalue weighted by atomic mass is 9.84. The molecule has 1 aliphatic rings. The zero-order valence-electron chi connectivity index (χ0n) is 6.35. The van der Waals surface area contributed by atoms with Crippen LogP contribution in [0.2, 0.25) is 0 Å². The third-order valence-corrected chi connectivity index (χ3v) is 2.44. The van der Waals surface area contributed by atoms with Crippen molar-refractivity contribution in [1.29, 1.82) is 0 Å². The molecule has 1 N–H and O–H groups in total. The highest BCUT2D eigenvalue weighted by molar-refractivity contribution is 5.78. The number of allylic oxidation sites excluding steroid dienone is 1. The lowest BCUT2D eigenvalue weighted by molar-refractivity contribution is -0.145. The Morgan fingerprint density at radius 3 is 2.60 bits per heavy atom. The van der Waals surface area contributed by atoms with E-state index in [-0.39, 0.29) is 0 Å². The quantitative estimate of drug-likeness (QED) is 0.564. The van der Waals surface area contributed by atoms with Crippen molar-refractivity contribution in [2.45, 2.75) is 26.7 Å². The van der Waals surface area contributed by atoms with Crippen molar-refractivity contribution in [3.05, 3.63) is 11.6 Å². The minimum absolute atomic E-state index is 0.569. The molecule has 2 heteroatoms. The predicted molar refractivity (Wildman–Crippen MR) is 38.7 cm³/mol. The number of aliphatic carboxylic acids is 1. The molecule has 0 bridgehead atoms. The van der Waals surface area contributed by atoms with E-state index in [0.717, 1.165) is 18.4 Å². The maximum atomic E-state index is 10.7. The second kappa shape index (κ2) is 2.11. The van der Waals surface area contributed by atoms with Gasteiger partial charge in [0.05, 0.1) is 5.41 Å². The molecule has 0 spiro atoms. The first-order chi connectivity index (χ1) is 4.57. The van der Waals surface area contributed by atoms with E-state index in [2.05, 4.69) is 0 Å². The highest BCUT2D eigenvalue weighted by atomic mass is 16.4. The molecule has 0 saturated heterocycles. The molecule has 1 unspecified atom stereocenters. The first-order valence-electron chi connectivity index (χ1n) is 3.48. The summed E-state index contributed by atoms with van der Waals surface area (Å²) in [4.78, 5) is 10.7. The number of hydrogen-bond acceptors (Lipinski definition) is 1. The largest absolute Gasteiger partial charge is 0.481 e. The molecule has 0 aromatic rings. The lowest BCUT2D eigenvalue weighted by Gasteiger charge is -2.19. The van der Waals surface area contributed by atoms with E-state index >= 15 is 0 Å².